The molecule has 1 aromatic carbocycles. The molecule has 1 atom stereocenters. The third kappa shape index (κ3) is 4.25. The Morgan fingerprint density at radius 2 is 1.78 bits per heavy atom. The van der Waals surface area contributed by atoms with Crippen LogP contribution in [0.5, 0.6) is 0 Å². The third-order valence-corrected chi connectivity index (χ3v) is 3.15. The highest BCUT2D eigenvalue weighted by molar-refractivity contribution is 5.83. The van der Waals surface area contributed by atoms with E-state index in [0.717, 1.165) is 6.42 Å². The summed E-state index contributed by atoms with van der Waals surface area (Å²) in [5.74, 6) is 0.432. The van der Waals surface area contributed by atoms with Crippen LogP contribution in [0.3, 0.4) is 0 Å². The Kier molecular flexibility index (Phi) is 5.52. The van der Waals surface area contributed by atoms with Gasteiger partial charge in [0.05, 0.1) is 0 Å². The van der Waals surface area contributed by atoms with Crippen molar-refractivity contribution in [3.05, 3.63) is 35.6 Å². The number of Topliss-reactive ketones (excluding diaryl/α,β-unsaturated/α-hetero) is 1. The van der Waals surface area contributed by atoms with E-state index in [1.54, 1.807) is 12.1 Å². The van der Waals surface area contributed by atoms with Crippen molar-refractivity contribution in [3.63, 3.8) is 0 Å². The topological polar surface area (TPSA) is 17.1 Å². The molecule has 1 aromatic rings. The van der Waals surface area contributed by atoms with Crippen molar-refractivity contribution < 1.29 is 9.18 Å². The van der Waals surface area contributed by atoms with Crippen LogP contribution in [0.15, 0.2) is 24.3 Å². The molecular weight excluding hydrogens is 227 g/mol. The predicted molar refractivity (Wildman–Crippen MR) is 72.9 cm³/mol. The summed E-state index contributed by atoms with van der Waals surface area (Å²) in [6.45, 7) is 8.03. The molecule has 0 saturated carbocycles. The highest BCUT2D eigenvalue weighted by atomic mass is 19.1. The van der Waals surface area contributed by atoms with Gasteiger partial charge in [-0.2, -0.15) is 0 Å². The molecule has 0 bridgehead atoms. The number of benzene rings is 1. The molecule has 0 N–H and O–H groups in total. The van der Waals surface area contributed by atoms with Gasteiger partial charge in [0.1, 0.15) is 11.6 Å². The van der Waals surface area contributed by atoms with Crippen LogP contribution in [0.4, 0.5) is 4.39 Å². The van der Waals surface area contributed by atoms with E-state index < -0.39 is 0 Å². The van der Waals surface area contributed by atoms with Gasteiger partial charge in [0.25, 0.3) is 0 Å². The molecule has 0 aromatic heterocycles. The zero-order valence-electron chi connectivity index (χ0n) is 11.7. The average molecular weight is 250 g/mol. The van der Waals surface area contributed by atoms with Gasteiger partial charge in [0.15, 0.2) is 0 Å². The minimum absolute atomic E-state index is 0.0144. The van der Waals surface area contributed by atoms with Crippen LogP contribution < -0.4 is 0 Å². The Balaban J connectivity index is 2.85. The smallest absolute Gasteiger partial charge is 0.138 e. The second-order valence-corrected chi connectivity index (χ2v) is 5.68. The van der Waals surface area contributed by atoms with Crippen LogP contribution in [0, 0.1) is 23.6 Å². The van der Waals surface area contributed by atoms with Crippen molar-refractivity contribution in [2.75, 3.05) is 0 Å². The summed E-state index contributed by atoms with van der Waals surface area (Å²) >= 11 is 0. The minimum Gasteiger partial charge on any atom is -0.299 e. The Bertz CT molecular complexity index is 396. The third-order valence-electron chi connectivity index (χ3n) is 3.15. The molecule has 0 amide bonds. The van der Waals surface area contributed by atoms with Crippen LogP contribution in [0.2, 0.25) is 0 Å². The van der Waals surface area contributed by atoms with E-state index >= 15 is 0 Å². The van der Waals surface area contributed by atoms with Crippen molar-refractivity contribution in [1.82, 2.24) is 0 Å². The number of rotatable bonds is 6. The molecule has 0 saturated heterocycles. The quantitative estimate of drug-likeness (QED) is 0.737. The van der Waals surface area contributed by atoms with Gasteiger partial charge in [0.2, 0.25) is 0 Å². The largest absolute Gasteiger partial charge is 0.299 e. The SMILES string of the molecule is CC(C)CC(Cc1ccccc1F)C(=O)C(C)C. The van der Waals surface area contributed by atoms with Gasteiger partial charge in [-0.1, -0.05) is 45.9 Å². The van der Waals surface area contributed by atoms with Gasteiger partial charge >= 0.3 is 0 Å². The van der Waals surface area contributed by atoms with E-state index in [9.17, 15) is 9.18 Å². The maximum absolute atomic E-state index is 13.6. The molecule has 1 rings (SSSR count). The molecule has 0 heterocycles. The maximum atomic E-state index is 13.6. The first-order valence-electron chi connectivity index (χ1n) is 6.69. The summed E-state index contributed by atoms with van der Waals surface area (Å²) in [5.41, 5.74) is 0.650. The van der Waals surface area contributed by atoms with Crippen LogP contribution in [-0.4, -0.2) is 5.78 Å². The van der Waals surface area contributed by atoms with Crippen LogP contribution in [0.25, 0.3) is 0 Å². The molecule has 2 heteroatoms. The fourth-order valence-corrected chi connectivity index (χ4v) is 2.27. The molecule has 0 fully saturated rings. The number of halogens is 1. The van der Waals surface area contributed by atoms with Crippen molar-refractivity contribution in [3.8, 4) is 0 Å². The summed E-state index contributed by atoms with van der Waals surface area (Å²) in [6.07, 6.45) is 1.34. The van der Waals surface area contributed by atoms with Gasteiger partial charge in [-0.15, -0.1) is 0 Å². The van der Waals surface area contributed by atoms with E-state index in [4.69, 9.17) is 0 Å². The molecule has 0 aliphatic heterocycles. The lowest BCUT2D eigenvalue weighted by Crippen LogP contribution is -2.24. The molecule has 18 heavy (non-hydrogen) atoms. The molecule has 0 aliphatic rings. The van der Waals surface area contributed by atoms with E-state index in [2.05, 4.69) is 13.8 Å². The highest BCUT2D eigenvalue weighted by Gasteiger charge is 2.23. The first-order valence-corrected chi connectivity index (χ1v) is 6.69. The number of ketones is 1. The van der Waals surface area contributed by atoms with Crippen LogP contribution in [0.1, 0.15) is 39.7 Å². The van der Waals surface area contributed by atoms with Crippen molar-refractivity contribution in [2.45, 2.75) is 40.5 Å². The zero-order chi connectivity index (χ0) is 13.7. The first-order chi connectivity index (χ1) is 8.41. The van der Waals surface area contributed by atoms with Crippen molar-refractivity contribution >= 4 is 5.78 Å². The van der Waals surface area contributed by atoms with E-state index in [1.807, 2.05) is 19.9 Å². The molecule has 1 nitrogen and oxygen atoms in total. The molecule has 1 unspecified atom stereocenters. The fraction of sp³-hybridized carbons (Fsp3) is 0.562. The lowest BCUT2D eigenvalue weighted by Gasteiger charge is -2.20. The van der Waals surface area contributed by atoms with Gasteiger partial charge < -0.3 is 0 Å². The highest BCUT2D eigenvalue weighted by Crippen LogP contribution is 2.22. The summed E-state index contributed by atoms with van der Waals surface area (Å²) < 4.78 is 13.6. The summed E-state index contributed by atoms with van der Waals surface area (Å²) in [7, 11) is 0. The molecule has 0 aliphatic carbocycles. The summed E-state index contributed by atoms with van der Waals surface area (Å²) in [4.78, 5) is 12.2. The number of hydrogen-bond acceptors (Lipinski definition) is 1. The van der Waals surface area contributed by atoms with Gasteiger partial charge in [-0.25, -0.2) is 4.39 Å². The Morgan fingerprint density at radius 3 is 2.28 bits per heavy atom. The predicted octanol–water partition coefficient (Wildman–Crippen LogP) is 4.26. The molecule has 0 spiro atoms. The van der Waals surface area contributed by atoms with Gasteiger partial charge in [-0.3, -0.25) is 4.79 Å². The van der Waals surface area contributed by atoms with Crippen molar-refractivity contribution in [2.24, 2.45) is 17.8 Å². The minimum atomic E-state index is -0.206. The molecular formula is C16H23FO. The molecule has 100 valence electrons. The Labute approximate surface area is 109 Å². The molecule has 0 radical (unpaired) electrons. The second-order valence-electron chi connectivity index (χ2n) is 5.68. The number of carbonyl (C=O) groups excluding carboxylic acids is 1. The monoisotopic (exact) mass is 250 g/mol. The number of hydrogen-bond donors (Lipinski definition) is 0. The second kappa shape index (κ2) is 6.67. The maximum Gasteiger partial charge on any atom is 0.138 e. The van der Waals surface area contributed by atoms with E-state index in [-0.39, 0.29) is 23.4 Å². The Morgan fingerprint density at radius 1 is 1.17 bits per heavy atom. The van der Waals surface area contributed by atoms with E-state index in [1.165, 1.54) is 6.07 Å². The lowest BCUT2D eigenvalue weighted by atomic mass is 9.84. The van der Waals surface area contributed by atoms with E-state index in [0.29, 0.717) is 17.9 Å². The summed E-state index contributed by atoms with van der Waals surface area (Å²) in [6, 6.07) is 6.74. The zero-order valence-corrected chi connectivity index (χ0v) is 11.7. The average Bonchev–Trinajstić information content (AvgIpc) is 2.29. The first kappa shape index (κ1) is 14.9. The summed E-state index contributed by atoms with van der Waals surface area (Å²) in [5, 5.41) is 0. The fourth-order valence-electron chi connectivity index (χ4n) is 2.27. The Hall–Kier alpha value is -1.18. The standard InChI is InChI=1S/C16H23FO/c1-11(2)9-14(16(18)12(3)4)10-13-7-5-6-8-15(13)17/h5-8,11-12,14H,9-10H2,1-4H3. The lowest BCUT2D eigenvalue weighted by molar-refractivity contribution is -0.126. The van der Waals surface area contributed by atoms with Gasteiger partial charge in [0, 0.05) is 11.8 Å². The van der Waals surface area contributed by atoms with Gasteiger partial charge in [-0.05, 0) is 30.4 Å². The van der Waals surface area contributed by atoms with Crippen LogP contribution in [-0.2, 0) is 11.2 Å². The number of carbonyl (C=O) groups is 1. The van der Waals surface area contributed by atoms with Crippen molar-refractivity contribution in [1.29, 1.82) is 0 Å². The van der Waals surface area contributed by atoms with Crippen LogP contribution >= 0.6 is 0 Å². The normalized spacial score (nSPS) is 13.1.